The Balaban J connectivity index is 2.00. The molecule has 2 heterocycles. The molecule has 0 spiro atoms. The summed E-state index contributed by atoms with van der Waals surface area (Å²) in [5.41, 5.74) is 1.78. The van der Waals surface area contributed by atoms with Gasteiger partial charge in [0.1, 0.15) is 5.75 Å². The number of fused-ring (bicyclic) bond motifs is 1. The molecule has 1 aromatic carbocycles. The summed E-state index contributed by atoms with van der Waals surface area (Å²) in [6, 6.07) is 9.68. The van der Waals surface area contributed by atoms with E-state index in [1.54, 1.807) is 12.4 Å². The van der Waals surface area contributed by atoms with Crippen LogP contribution in [0.1, 0.15) is 12.5 Å². The Hall–Kier alpha value is -2.69. The first-order valence-corrected chi connectivity index (χ1v) is 6.87. The smallest absolute Gasteiger partial charge is 0.226 e. The second-order valence-corrected chi connectivity index (χ2v) is 4.64. The Morgan fingerprint density at radius 3 is 2.90 bits per heavy atom. The SMILES string of the molecule is CCNc1ncc(C)c(Oc2cccc3ncccc23)n1. The first-order chi connectivity index (χ1) is 10.3. The van der Waals surface area contributed by atoms with Crippen molar-refractivity contribution in [2.75, 3.05) is 11.9 Å². The highest BCUT2D eigenvalue weighted by Crippen LogP contribution is 2.29. The highest BCUT2D eigenvalue weighted by atomic mass is 16.5. The number of nitrogens with zero attached hydrogens (tertiary/aromatic N) is 3. The molecule has 2 aromatic heterocycles. The van der Waals surface area contributed by atoms with E-state index in [0.717, 1.165) is 28.8 Å². The van der Waals surface area contributed by atoms with Crippen molar-refractivity contribution in [1.82, 2.24) is 15.0 Å². The first kappa shape index (κ1) is 13.3. The van der Waals surface area contributed by atoms with E-state index in [1.165, 1.54) is 0 Å². The van der Waals surface area contributed by atoms with Crippen LogP contribution < -0.4 is 10.1 Å². The van der Waals surface area contributed by atoms with Gasteiger partial charge in [0, 0.05) is 29.9 Å². The molecule has 0 unspecified atom stereocenters. The van der Waals surface area contributed by atoms with Gasteiger partial charge in [-0.25, -0.2) is 4.98 Å². The lowest BCUT2D eigenvalue weighted by Crippen LogP contribution is -2.03. The number of nitrogens with one attached hydrogen (secondary N) is 1. The zero-order valence-electron chi connectivity index (χ0n) is 12.0. The molecule has 0 fully saturated rings. The molecule has 0 saturated heterocycles. The van der Waals surface area contributed by atoms with Gasteiger partial charge in [-0.3, -0.25) is 4.98 Å². The molecule has 0 atom stereocenters. The third kappa shape index (κ3) is 2.76. The lowest BCUT2D eigenvalue weighted by Gasteiger charge is -2.11. The monoisotopic (exact) mass is 280 g/mol. The van der Waals surface area contributed by atoms with E-state index in [2.05, 4.69) is 20.3 Å². The van der Waals surface area contributed by atoms with Gasteiger partial charge in [0.15, 0.2) is 0 Å². The van der Waals surface area contributed by atoms with Gasteiger partial charge in [-0.15, -0.1) is 0 Å². The van der Waals surface area contributed by atoms with E-state index < -0.39 is 0 Å². The van der Waals surface area contributed by atoms with Gasteiger partial charge in [-0.1, -0.05) is 6.07 Å². The van der Waals surface area contributed by atoms with E-state index >= 15 is 0 Å². The van der Waals surface area contributed by atoms with Crippen molar-refractivity contribution in [3.63, 3.8) is 0 Å². The number of rotatable bonds is 4. The van der Waals surface area contributed by atoms with Gasteiger partial charge in [0.2, 0.25) is 11.8 Å². The van der Waals surface area contributed by atoms with Gasteiger partial charge in [0.25, 0.3) is 0 Å². The molecule has 5 nitrogen and oxygen atoms in total. The number of anilines is 1. The van der Waals surface area contributed by atoms with Crippen LogP contribution in [0.3, 0.4) is 0 Å². The lowest BCUT2D eigenvalue weighted by molar-refractivity contribution is 0.463. The number of aromatic nitrogens is 3. The largest absolute Gasteiger partial charge is 0.438 e. The molecule has 0 radical (unpaired) electrons. The number of pyridine rings is 1. The summed E-state index contributed by atoms with van der Waals surface area (Å²) in [5.74, 6) is 1.86. The van der Waals surface area contributed by atoms with Crippen molar-refractivity contribution >= 4 is 16.9 Å². The maximum Gasteiger partial charge on any atom is 0.226 e. The molecule has 0 bridgehead atoms. The normalized spacial score (nSPS) is 10.6. The topological polar surface area (TPSA) is 59.9 Å². The van der Waals surface area contributed by atoms with Gasteiger partial charge >= 0.3 is 0 Å². The molecule has 3 aromatic rings. The second kappa shape index (κ2) is 5.75. The number of ether oxygens (including phenoxy) is 1. The summed E-state index contributed by atoms with van der Waals surface area (Å²) in [7, 11) is 0. The highest BCUT2D eigenvalue weighted by molar-refractivity contribution is 5.85. The summed E-state index contributed by atoms with van der Waals surface area (Å²) in [6.07, 6.45) is 3.52. The average molecular weight is 280 g/mol. The van der Waals surface area contributed by atoms with E-state index in [-0.39, 0.29) is 0 Å². The molecule has 0 aliphatic rings. The number of benzene rings is 1. The first-order valence-electron chi connectivity index (χ1n) is 6.87. The van der Waals surface area contributed by atoms with Crippen molar-refractivity contribution in [2.24, 2.45) is 0 Å². The second-order valence-electron chi connectivity index (χ2n) is 4.64. The fourth-order valence-corrected chi connectivity index (χ4v) is 2.04. The van der Waals surface area contributed by atoms with Crippen LogP contribution in [-0.2, 0) is 0 Å². The molecular weight excluding hydrogens is 264 g/mol. The maximum absolute atomic E-state index is 5.98. The molecule has 0 amide bonds. The van der Waals surface area contributed by atoms with Gasteiger partial charge < -0.3 is 10.1 Å². The van der Waals surface area contributed by atoms with E-state index in [1.807, 2.05) is 44.2 Å². The quantitative estimate of drug-likeness (QED) is 0.791. The average Bonchev–Trinajstić information content (AvgIpc) is 2.51. The molecular formula is C16H16N4O. The minimum atomic E-state index is 0.553. The van der Waals surface area contributed by atoms with Crippen molar-refractivity contribution in [2.45, 2.75) is 13.8 Å². The standard InChI is InChI=1S/C16H16N4O/c1-3-17-16-19-10-11(2)15(20-16)21-14-8-4-7-13-12(14)6-5-9-18-13/h4-10H,3H2,1-2H3,(H,17,19,20). The predicted molar refractivity (Wildman–Crippen MR) is 82.7 cm³/mol. The van der Waals surface area contributed by atoms with Crippen LogP contribution in [0.2, 0.25) is 0 Å². The lowest BCUT2D eigenvalue weighted by atomic mass is 10.2. The van der Waals surface area contributed by atoms with Crippen molar-refractivity contribution in [3.8, 4) is 11.6 Å². The fourth-order valence-electron chi connectivity index (χ4n) is 2.04. The van der Waals surface area contributed by atoms with Gasteiger partial charge in [-0.05, 0) is 38.1 Å². The number of hydrogen-bond donors (Lipinski definition) is 1. The molecule has 0 saturated carbocycles. The molecule has 0 aliphatic heterocycles. The Morgan fingerprint density at radius 2 is 2.05 bits per heavy atom. The van der Waals surface area contributed by atoms with Crippen LogP contribution in [0.4, 0.5) is 5.95 Å². The Bertz CT molecular complexity index is 768. The molecule has 0 aliphatic carbocycles. The third-order valence-electron chi connectivity index (χ3n) is 3.07. The van der Waals surface area contributed by atoms with E-state index in [9.17, 15) is 0 Å². The Kier molecular flexibility index (Phi) is 3.64. The third-order valence-corrected chi connectivity index (χ3v) is 3.07. The fraction of sp³-hybridized carbons (Fsp3) is 0.188. The molecule has 5 heteroatoms. The van der Waals surface area contributed by atoms with Crippen LogP contribution in [0.25, 0.3) is 10.9 Å². The van der Waals surface area contributed by atoms with Crippen LogP contribution in [0, 0.1) is 6.92 Å². The highest BCUT2D eigenvalue weighted by Gasteiger charge is 2.08. The predicted octanol–water partition coefficient (Wildman–Crippen LogP) is 3.56. The number of hydrogen-bond acceptors (Lipinski definition) is 5. The van der Waals surface area contributed by atoms with Crippen LogP contribution in [-0.4, -0.2) is 21.5 Å². The number of aryl methyl sites for hydroxylation is 1. The summed E-state index contributed by atoms with van der Waals surface area (Å²) in [5, 5.41) is 4.04. The van der Waals surface area contributed by atoms with E-state index in [0.29, 0.717) is 11.8 Å². The molecule has 106 valence electrons. The minimum absolute atomic E-state index is 0.553. The Morgan fingerprint density at radius 1 is 1.14 bits per heavy atom. The van der Waals surface area contributed by atoms with Crippen LogP contribution in [0.15, 0.2) is 42.7 Å². The summed E-state index contributed by atoms with van der Waals surface area (Å²) >= 11 is 0. The van der Waals surface area contributed by atoms with Crippen LogP contribution in [0.5, 0.6) is 11.6 Å². The zero-order valence-corrected chi connectivity index (χ0v) is 12.0. The van der Waals surface area contributed by atoms with Gasteiger partial charge in [-0.2, -0.15) is 4.98 Å². The maximum atomic E-state index is 5.98. The van der Waals surface area contributed by atoms with E-state index in [4.69, 9.17) is 4.74 Å². The molecule has 21 heavy (non-hydrogen) atoms. The zero-order chi connectivity index (χ0) is 14.7. The molecule has 3 rings (SSSR count). The van der Waals surface area contributed by atoms with Gasteiger partial charge in [0.05, 0.1) is 5.52 Å². The summed E-state index contributed by atoms with van der Waals surface area (Å²) in [6.45, 7) is 4.69. The van der Waals surface area contributed by atoms with Crippen molar-refractivity contribution in [3.05, 3.63) is 48.3 Å². The minimum Gasteiger partial charge on any atom is -0.438 e. The Labute approximate surface area is 123 Å². The summed E-state index contributed by atoms with van der Waals surface area (Å²) < 4.78 is 5.98. The summed E-state index contributed by atoms with van der Waals surface area (Å²) in [4.78, 5) is 12.9. The van der Waals surface area contributed by atoms with Crippen molar-refractivity contribution < 1.29 is 4.74 Å². The van der Waals surface area contributed by atoms with Crippen molar-refractivity contribution in [1.29, 1.82) is 0 Å². The molecule has 1 N–H and O–H groups in total. The van der Waals surface area contributed by atoms with Crippen LogP contribution >= 0.6 is 0 Å².